The largest absolute Gasteiger partial charge is 0.293 e. The van der Waals surface area contributed by atoms with E-state index in [1.807, 2.05) is 12.4 Å². The number of rotatable bonds is 3. The van der Waals surface area contributed by atoms with Crippen LogP contribution in [0, 0.1) is 6.92 Å². The van der Waals surface area contributed by atoms with Gasteiger partial charge in [-0.25, -0.2) is 15.0 Å². The summed E-state index contributed by atoms with van der Waals surface area (Å²) >= 11 is 1.80. The summed E-state index contributed by atoms with van der Waals surface area (Å²) in [6, 6.07) is 8.45. The van der Waals surface area contributed by atoms with E-state index in [1.165, 1.54) is 27.3 Å². The van der Waals surface area contributed by atoms with E-state index in [9.17, 15) is 0 Å². The van der Waals surface area contributed by atoms with Gasteiger partial charge in [0.15, 0.2) is 0 Å². The Morgan fingerprint density at radius 1 is 1.11 bits per heavy atom. The van der Waals surface area contributed by atoms with Gasteiger partial charge in [0.25, 0.3) is 0 Å². The summed E-state index contributed by atoms with van der Waals surface area (Å²) in [5, 5.41) is 1.11. The summed E-state index contributed by atoms with van der Waals surface area (Å²) in [5.74, 6) is 0.944. The predicted octanol–water partition coefficient (Wildman–Crippen LogP) is 4.76. The Morgan fingerprint density at radius 3 is 2.70 bits per heavy atom. The quantitative estimate of drug-likeness (QED) is 0.659. The maximum atomic E-state index is 4.83. The van der Waals surface area contributed by atoms with Crippen LogP contribution in [-0.2, 0) is 24.9 Å². The number of aromatic nitrogens is 3. The number of nitrogens with zero attached hydrogens (tertiary/aromatic N) is 4. The van der Waals surface area contributed by atoms with Gasteiger partial charge in [0.1, 0.15) is 10.8 Å². The fourth-order valence-electron chi connectivity index (χ4n) is 3.41. The molecule has 3 aromatic rings. The summed E-state index contributed by atoms with van der Waals surface area (Å²) in [6.07, 6.45) is 5.05. The highest BCUT2D eigenvalue weighted by Crippen LogP contribution is 2.29. The SMILES string of the molecule is Cc1ccccc1-c1ncc(CN2CCc3nc(C(C)(C)C)ncc3C2)s1. The van der Waals surface area contributed by atoms with Gasteiger partial charge < -0.3 is 0 Å². The van der Waals surface area contributed by atoms with Gasteiger partial charge in [-0.2, -0.15) is 0 Å². The Morgan fingerprint density at radius 2 is 1.93 bits per heavy atom. The van der Waals surface area contributed by atoms with Gasteiger partial charge in [0, 0.05) is 65.6 Å². The van der Waals surface area contributed by atoms with Gasteiger partial charge >= 0.3 is 0 Å². The van der Waals surface area contributed by atoms with Crippen LogP contribution in [0.15, 0.2) is 36.7 Å². The molecule has 0 spiro atoms. The molecule has 0 atom stereocenters. The van der Waals surface area contributed by atoms with Gasteiger partial charge in [0.2, 0.25) is 0 Å². The Hall–Kier alpha value is -2.11. The smallest absolute Gasteiger partial charge is 0.133 e. The fraction of sp³-hybridized carbons (Fsp3) is 0.409. The first-order chi connectivity index (χ1) is 12.9. The molecule has 0 saturated carbocycles. The number of hydrogen-bond acceptors (Lipinski definition) is 5. The van der Waals surface area contributed by atoms with Gasteiger partial charge in [-0.05, 0) is 12.5 Å². The zero-order valence-electron chi connectivity index (χ0n) is 16.5. The molecule has 0 saturated heterocycles. The summed E-state index contributed by atoms with van der Waals surface area (Å²) < 4.78 is 0. The van der Waals surface area contributed by atoms with E-state index in [0.29, 0.717) is 0 Å². The van der Waals surface area contributed by atoms with Crippen LogP contribution in [0.2, 0.25) is 0 Å². The zero-order chi connectivity index (χ0) is 19.0. The van der Waals surface area contributed by atoms with Crippen molar-refractivity contribution in [3.05, 3.63) is 64.2 Å². The van der Waals surface area contributed by atoms with Crippen molar-refractivity contribution in [3.8, 4) is 10.6 Å². The van der Waals surface area contributed by atoms with Crippen molar-refractivity contribution < 1.29 is 0 Å². The van der Waals surface area contributed by atoms with Crippen molar-refractivity contribution >= 4 is 11.3 Å². The molecule has 0 N–H and O–H groups in total. The minimum absolute atomic E-state index is 0.000766. The molecule has 1 aliphatic rings. The molecule has 0 unspecified atom stereocenters. The minimum Gasteiger partial charge on any atom is -0.293 e. The second-order valence-corrected chi connectivity index (χ2v) is 9.44. The van der Waals surface area contributed by atoms with E-state index >= 15 is 0 Å². The number of benzene rings is 1. The van der Waals surface area contributed by atoms with Crippen molar-refractivity contribution in [2.45, 2.75) is 52.6 Å². The third-order valence-electron chi connectivity index (χ3n) is 4.99. The van der Waals surface area contributed by atoms with Crippen molar-refractivity contribution in [2.24, 2.45) is 0 Å². The first-order valence-electron chi connectivity index (χ1n) is 9.48. The van der Waals surface area contributed by atoms with Crippen LogP contribution < -0.4 is 0 Å². The summed E-state index contributed by atoms with van der Waals surface area (Å²) in [6.45, 7) is 11.5. The average molecular weight is 379 g/mol. The maximum Gasteiger partial charge on any atom is 0.133 e. The lowest BCUT2D eigenvalue weighted by atomic mass is 9.95. The molecule has 0 bridgehead atoms. The summed E-state index contributed by atoms with van der Waals surface area (Å²) in [5.41, 5.74) is 4.99. The zero-order valence-corrected chi connectivity index (χ0v) is 17.3. The average Bonchev–Trinajstić information content (AvgIpc) is 3.09. The Kier molecular flexibility index (Phi) is 4.82. The van der Waals surface area contributed by atoms with Crippen LogP contribution in [0.1, 0.15) is 48.3 Å². The third-order valence-corrected chi connectivity index (χ3v) is 6.01. The first-order valence-corrected chi connectivity index (χ1v) is 10.3. The van der Waals surface area contributed by atoms with Crippen LogP contribution in [-0.4, -0.2) is 26.4 Å². The summed E-state index contributed by atoms with van der Waals surface area (Å²) in [7, 11) is 0. The lowest BCUT2D eigenvalue weighted by Gasteiger charge is -2.28. The van der Waals surface area contributed by atoms with Crippen molar-refractivity contribution in [2.75, 3.05) is 6.54 Å². The van der Waals surface area contributed by atoms with Crippen LogP contribution >= 0.6 is 11.3 Å². The second-order valence-electron chi connectivity index (χ2n) is 8.32. The highest BCUT2D eigenvalue weighted by molar-refractivity contribution is 7.15. The second kappa shape index (κ2) is 7.13. The number of thiazole rings is 1. The third kappa shape index (κ3) is 3.94. The molecule has 0 aliphatic carbocycles. The van der Waals surface area contributed by atoms with Crippen LogP contribution in [0.3, 0.4) is 0 Å². The molecular formula is C22H26N4S. The maximum absolute atomic E-state index is 4.83. The van der Waals surface area contributed by atoms with E-state index in [4.69, 9.17) is 4.98 Å². The molecule has 3 heterocycles. The Balaban J connectivity index is 1.47. The number of fused-ring (bicyclic) bond motifs is 1. The molecule has 0 radical (unpaired) electrons. The predicted molar refractivity (Wildman–Crippen MR) is 111 cm³/mol. The summed E-state index contributed by atoms with van der Waals surface area (Å²) in [4.78, 5) is 17.9. The highest BCUT2D eigenvalue weighted by Gasteiger charge is 2.23. The van der Waals surface area contributed by atoms with Crippen LogP contribution in [0.4, 0.5) is 0 Å². The first kappa shape index (κ1) is 18.3. The van der Waals surface area contributed by atoms with Crippen molar-refractivity contribution in [1.29, 1.82) is 0 Å². The van der Waals surface area contributed by atoms with E-state index < -0.39 is 0 Å². The lowest BCUT2D eigenvalue weighted by molar-refractivity contribution is 0.244. The standard InChI is InChI=1S/C22H26N4S/c1-15-7-5-6-8-18(15)20-23-12-17(27-20)14-26-10-9-19-16(13-26)11-24-21(25-19)22(2,3)4/h5-8,11-12H,9-10,13-14H2,1-4H3. The molecular weight excluding hydrogens is 352 g/mol. The van der Waals surface area contributed by atoms with E-state index in [0.717, 1.165) is 36.9 Å². The molecule has 5 heteroatoms. The Labute approximate surface area is 165 Å². The normalized spacial score (nSPS) is 15.0. The molecule has 1 aliphatic heterocycles. The molecule has 140 valence electrons. The van der Waals surface area contributed by atoms with E-state index in [1.54, 1.807) is 11.3 Å². The van der Waals surface area contributed by atoms with Gasteiger partial charge in [-0.15, -0.1) is 11.3 Å². The molecule has 0 fully saturated rings. The van der Waals surface area contributed by atoms with Crippen molar-refractivity contribution in [3.63, 3.8) is 0 Å². The van der Waals surface area contributed by atoms with Crippen molar-refractivity contribution in [1.82, 2.24) is 19.9 Å². The fourth-order valence-corrected chi connectivity index (χ4v) is 4.45. The molecule has 27 heavy (non-hydrogen) atoms. The number of aryl methyl sites for hydroxylation is 1. The van der Waals surface area contributed by atoms with Gasteiger partial charge in [-0.3, -0.25) is 4.90 Å². The topological polar surface area (TPSA) is 41.9 Å². The minimum atomic E-state index is 0.000766. The molecule has 4 nitrogen and oxygen atoms in total. The van der Waals surface area contributed by atoms with Crippen LogP contribution in [0.5, 0.6) is 0 Å². The molecule has 4 rings (SSSR count). The molecule has 1 aromatic carbocycles. The number of hydrogen-bond donors (Lipinski definition) is 0. The Bertz CT molecular complexity index is 955. The lowest BCUT2D eigenvalue weighted by Crippen LogP contribution is -2.31. The van der Waals surface area contributed by atoms with Gasteiger partial charge in [0.05, 0.1) is 0 Å². The van der Waals surface area contributed by atoms with Gasteiger partial charge in [-0.1, -0.05) is 45.0 Å². The van der Waals surface area contributed by atoms with E-state index in [-0.39, 0.29) is 5.41 Å². The monoisotopic (exact) mass is 378 g/mol. The van der Waals surface area contributed by atoms with Crippen LogP contribution in [0.25, 0.3) is 10.6 Å². The molecule has 2 aromatic heterocycles. The van der Waals surface area contributed by atoms with E-state index in [2.05, 4.69) is 66.8 Å². The molecule has 0 amide bonds. The highest BCUT2D eigenvalue weighted by atomic mass is 32.1.